The van der Waals surface area contributed by atoms with Crippen LogP contribution in [0.2, 0.25) is 0 Å². The Labute approximate surface area is 123 Å². The molecule has 104 valence electrons. The lowest BCUT2D eigenvalue weighted by Gasteiger charge is -2.00. The minimum Gasteiger partial charge on any atom is -0.497 e. The number of furan rings is 1. The van der Waals surface area contributed by atoms with Gasteiger partial charge < -0.3 is 9.15 Å². The lowest BCUT2D eigenvalue weighted by atomic mass is 10.2. The van der Waals surface area contributed by atoms with Gasteiger partial charge in [-0.2, -0.15) is 4.52 Å². The first-order valence-electron chi connectivity index (χ1n) is 6.26. The molecule has 0 N–H and O–H groups in total. The third-order valence-electron chi connectivity index (χ3n) is 3.07. The molecule has 0 spiro atoms. The standard InChI is InChI=1S/C14H10N4O2S/c1-19-10-6-4-9(5-7-10)12-15-16-14-18(12)17-13(21-14)11-3-2-8-20-11/h2-8H,1H3. The zero-order chi connectivity index (χ0) is 14.2. The van der Waals surface area contributed by atoms with Crippen molar-refractivity contribution in [3.05, 3.63) is 42.7 Å². The molecule has 3 aromatic heterocycles. The van der Waals surface area contributed by atoms with Gasteiger partial charge in [-0.05, 0) is 36.4 Å². The van der Waals surface area contributed by atoms with E-state index in [0.717, 1.165) is 27.0 Å². The monoisotopic (exact) mass is 298 g/mol. The maximum absolute atomic E-state index is 5.36. The second kappa shape index (κ2) is 4.71. The number of nitrogens with zero attached hydrogens (tertiary/aromatic N) is 4. The molecular weight excluding hydrogens is 288 g/mol. The van der Waals surface area contributed by atoms with Crippen LogP contribution in [-0.2, 0) is 0 Å². The number of benzene rings is 1. The van der Waals surface area contributed by atoms with Crippen molar-refractivity contribution < 1.29 is 9.15 Å². The Bertz CT molecular complexity index is 878. The molecule has 1 aromatic carbocycles. The molecule has 0 unspecified atom stereocenters. The van der Waals surface area contributed by atoms with E-state index in [1.54, 1.807) is 17.9 Å². The summed E-state index contributed by atoms with van der Waals surface area (Å²) < 4.78 is 12.2. The topological polar surface area (TPSA) is 65.5 Å². The molecule has 4 aromatic rings. The van der Waals surface area contributed by atoms with E-state index in [4.69, 9.17) is 9.15 Å². The molecule has 3 heterocycles. The van der Waals surface area contributed by atoms with Crippen LogP contribution in [0.5, 0.6) is 5.75 Å². The second-order valence-electron chi connectivity index (χ2n) is 4.33. The Morgan fingerprint density at radius 3 is 2.71 bits per heavy atom. The van der Waals surface area contributed by atoms with E-state index in [1.165, 1.54) is 11.3 Å². The van der Waals surface area contributed by atoms with Gasteiger partial charge in [-0.3, -0.25) is 0 Å². The zero-order valence-electron chi connectivity index (χ0n) is 11.1. The summed E-state index contributed by atoms with van der Waals surface area (Å²) >= 11 is 1.44. The van der Waals surface area contributed by atoms with Gasteiger partial charge in [0, 0.05) is 5.56 Å². The van der Waals surface area contributed by atoms with Gasteiger partial charge in [0.2, 0.25) is 4.96 Å². The molecule has 7 heteroatoms. The fourth-order valence-electron chi connectivity index (χ4n) is 2.04. The lowest BCUT2D eigenvalue weighted by Crippen LogP contribution is -1.91. The summed E-state index contributed by atoms with van der Waals surface area (Å²) in [6.45, 7) is 0. The molecule has 0 aliphatic heterocycles. The van der Waals surface area contributed by atoms with Crippen molar-refractivity contribution in [1.29, 1.82) is 0 Å². The van der Waals surface area contributed by atoms with Crippen molar-refractivity contribution in [2.24, 2.45) is 0 Å². The molecule has 0 atom stereocenters. The van der Waals surface area contributed by atoms with Crippen LogP contribution in [0.4, 0.5) is 0 Å². The Morgan fingerprint density at radius 2 is 2.00 bits per heavy atom. The van der Waals surface area contributed by atoms with Crippen LogP contribution in [0.15, 0.2) is 47.1 Å². The third-order valence-corrected chi connectivity index (χ3v) is 3.98. The highest BCUT2D eigenvalue weighted by molar-refractivity contribution is 7.19. The van der Waals surface area contributed by atoms with E-state index < -0.39 is 0 Å². The van der Waals surface area contributed by atoms with Crippen molar-refractivity contribution in [3.8, 4) is 27.9 Å². The van der Waals surface area contributed by atoms with Crippen molar-refractivity contribution >= 4 is 16.3 Å². The molecule has 0 aliphatic rings. The predicted molar refractivity (Wildman–Crippen MR) is 78.3 cm³/mol. The highest BCUT2D eigenvalue weighted by atomic mass is 32.1. The van der Waals surface area contributed by atoms with Crippen LogP contribution < -0.4 is 4.74 Å². The number of hydrogen-bond donors (Lipinski definition) is 0. The Morgan fingerprint density at radius 1 is 1.14 bits per heavy atom. The van der Waals surface area contributed by atoms with E-state index in [0.29, 0.717) is 5.82 Å². The average molecular weight is 298 g/mol. The molecule has 0 aliphatic carbocycles. The summed E-state index contributed by atoms with van der Waals surface area (Å²) in [5, 5.41) is 13.7. The number of ether oxygens (including phenoxy) is 1. The predicted octanol–water partition coefficient (Wildman–Crippen LogP) is 3.12. The van der Waals surface area contributed by atoms with Gasteiger partial charge in [-0.25, -0.2) is 0 Å². The van der Waals surface area contributed by atoms with Gasteiger partial charge in [-0.1, -0.05) is 11.3 Å². The van der Waals surface area contributed by atoms with Gasteiger partial charge in [-0.15, -0.1) is 15.3 Å². The number of methoxy groups -OCH3 is 1. The van der Waals surface area contributed by atoms with Crippen molar-refractivity contribution in [2.75, 3.05) is 7.11 Å². The fraction of sp³-hybridized carbons (Fsp3) is 0.0714. The first-order valence-corrected chi connectivity index (χ1v) is 7.07. The number of hydrogen-bond acceptors (Lipinski definition) is 6. The smallest absolute Gasteiger partial charge is 0.235 e. The Balaban J connectivity index is 1.81. The second-order valence-corrected chi connectivity index (χ2v) is 5.29. The lowest BCUT2D eigenvalue weighted by molar-refractivity contribution is 0.415. The summed E-state index contributed by atoms with van der Waals surface area (Å²) in [4.78, 5) is 0.729. The zero-order valence-corrected chi connectivity index (χ0v) is 11.9. The van der Waals surface area contributed by atoms with Crippen LogP contribution in [-0.4, -0.2) is 26.9 Å². The van der Waals surface area contributed by atoms with Crippen LogP contribution in [0, 0.1) is 0 Å². The van der Waals surface area contributed by atoms with Crippen LogP contribution in [0.3, 0.4) is 0 Å². The number of fused-ring (bicyclic) bond motifs is 1. The van der Waals surface area contributed by atoms with Gasteiger partial charge in [0.1, 0.15) is 5.75 Å². The summed E-state index contributed by atoms with van der Waals surface area (Å²) in [7, 11) is 1.64. The molecule has 0 bridgehead atoms. The third kappa shape index (κ3) is 1.98. The average Bonchev–Trinajstić information content (AvgIpc) is 3.23. The van der Waals surface area contributed by atoms with Crippen LogP contribution in [0.25, 0.3) is 27.1 Å². The normalized spacial score (nSPS) is 11.1. The first-order chi connectivity index (χ1) is 10.3. The molecular formula is C14H10N4O2S. The molecule has 0 fully saturated rings. The molecule has 21 heavy (non-hydrogen) atoms. The Kier molecular flexibility index (Phi) is 2.71. The quantitative estimate of drug-likeness (QED) is 0.581. The summed E-state index contributed by atoms with van der Waals surface area (Å²) in [5.74, 6) is 2.22. The van der Waals surface area contributed by atoms with Crippen molar-refractivity contribution in [1.82, 2.24) is 19.8 Å². The number of rotatable bonds is 3. The van der Waals surface area contributed by atoms with Crippen LogP contribution >= 0.6 is 11.3 Å². The van der Waals surface area contributed by atoms with Gasteiger partial charge in [0.25, 0.3) is 0 Å². The van der Waals surface area contributed by atoms with E-state index in [9.17, 15) is 0 Å². The molecule has 6 nitrogen and oxygen atoms in total. The highest BCUT2D eigenvalue weighted by Crippen LogP contribution is 2.28. The number of aromatic nitrogens is 4. The van der Waals surface area contributed by atoms with E-state index in [2.05, 4.69) is 15.3 Å². The van der Waals surface area contributed by atoms with Gasteiger partial charge in [0.15, 0.2) is 16.6 Å². The maximum atomic E-state index is 5.36. The largest absolute Gasteiger partial charge is 0.497 e. The van der Waals surface area contributed by atoms with E-state index in [-0.39, 0.29) is 0 Å². The molecule has 0 radical (unpaired) electrons. The molecule has 4 rings (SSSR count). The highest BCUT2D eigenvalue weighted by Gasteiger charge is 2.15. The molecule has 0 saturated heterocycles. The van der Waals surface area contributed by atoms with Gasteiger partial charge >= 0.3 is 0 Å². The molecule has 0 saturated carbocycles. The fourth-order valence-corrected chi connectivity index (χ4v) is 2.84. The summed E-state index contributed by atoms with van der Waals surface area (Å²) in [6.07, 6.45) is 1.63. The van der Waals surface area contributed by atoms with Crippen LogP contribution in [0.1, 0.15) is 0 Å². The summed E-state index contributed by atoms with van der Waals surface area (Å²) in [6, 6.07) is 11.3. The minimum atomic E-state index is 0.696. The Hall–Kier alpha value is -2.67. The molecule has 0 amide bonds. The SMILES string of the molecule is COc1ccc(-c2nnc3sc(-c4ccco4)nn23)cc1. The van der Waals surface area contributed by atoms with Gasteiger partial charge in [0.05, 0.1) is 13.4 Å². The first kappa shape index (κ1) is 12.1. The van der Waals surface area contributed by atoms with Crippen molar-refractivity contribution in [2.45, 2.75) is 0 Å². The maximum Gasteiger partial charge on any atom is 0.235 e. The minimum absolute atomic E-state index is 0.696. The summed E-state index contributed by atoms with van der Waals surface area (Å²) in [5.41, 5.74) is 0.930. The van der Waals surface area contributed by atoms with Crippen molar-refractivity contribution in [3.63, 3.8) is 0 Å². The van der Waals surface area contributed by atoms with E-state index in [1.807, 2.05) is 36.4 Å². The van der Waals surface area contributed by atoms with E-state index >= 15 is 0 Å².